The van der Waals surface area contributed by atoms with Gasteiger partial charge in [0.2, 0.25) is 5.91 Å². The van der Waals surface area contributed by atoms with Crippen molar-refractivity contribution in [2.75, 3.05) is 23.7 Å². The van der Waals surface area contributed by atoms with Gasteiger partial charge in [0, 0.05) is 129 Å². The third-order valence-corrected chi connectivity index (χ3v) is 15.6. The van der Waals surface area contributed by atoms with Gasteiger partial charge in [-0.2, -0.15) is 0 Å². The first kappa shape index (κ1) is 46.1. The molecule has 7 heterocycles. The average Bonchev–Trinajstić information content (AvgIpc) is 4.15. The Labute approximate surface area is 426 Å². The minimum atomic E-state index is 0.0780. The zero-order valence-electron chi connectivity index (χ0n) is 41.6. The Kier molecular flexibility index (Phi) is 12.8. The highest BCUT2D eigenvalue weighted by molar-refractivity contribution is 5.98. The van der Waals surface area contributed by atoms with Gasteiger partial charge in [0.25, 0.3) is 0 Å². The number of anilines is 2. The number of pyridine rings is 2. The van der Waals surface area contributed by atoms with E-state index in [-0.39, 0.29) is 18.0 Å². The van der Waals surface area contributed by atoms with Crippen LogP contribution in [0.15, 0.2) is 159 Å². The zero-order chi connectivity index (χ0) is 49.3. The molecule has 0 bridgehead atoms. The highest BCUT2D eigenvalue weighted by atomic mass is 16.2. The molecule has 0 spiro atoms. The summed E-state index contributed by atoms with van der Waals surface area (Å²) in [7, 11) is 4.16. The summed E-state index contributed by atoms with van der Waals surface area (Å²) in [5.74, 6) is 1.62. The third-order valence-electron chi connectivity index (χ3n) is 15.6. The monoisotopic (exact) mass is 964 g/mol. The lowest BCUT2D eigenvalue weighted by molar-refractivity contribution is -0.134. The van der Waals surface area contributed by atoms with Crippen molar-refractivity contribution in [3.8, 4) is 22.3 Å². The summed E-state index contributed by atoms with van der Waals surface area (Å²) in [5.41, 5.74) is 14.9. The van der Waals surface area contributed by atoms with Crippen LogP contribution >= 0.6 is 0 Å². The van der Waals surface area contributed by atoms with E-state index in [0.717, 1.165) is 100 Å². The summed E-state index contributed by atoms with van der Waals surface area (Å²) in [6, 6.07) is 34.9. The second-order valence-corrected chi connectivity index (χ2v) is 20.4. The lowest BCUT2D eigenvalue weighted by Gasteiger charge is -2.37. The number of hydrogen-bond donors (Lipinski definition) is 2. The number of nitrogens with zero attached hydrogens (tertiary/aromatic N) is 9. The number of nitrogens with one attached hydrogen (secondary N) is 2. The third kappa shape index (κ3) is 9.73. The Balaban J connectivity index is 0.000000150. The number of benzene rings is 4. The molecule has 366 valence electrons. The molecule has 1 saturated heterocycles. The molecule has 2 atom stereocenters. The molecule has 2 aliphatic carbocycles. The fraction of sp³-hybridized carbons (Fsp3) is 0.295. The van der Waals surface area contributed by atoms with Gasteiger partial charge in [0.05, 0.1) is 34.2 Å². The van der Waals surface area contributed by atoms with Crippen molar-refractivity contribution in [3.63, 3.8) is 0 Å². The molecule has 1 amide bonds. The highest BCUT2D eigenvalue weighted by Crippen LogP contribution is 2.41. The number of aromatic nitrogens is 8. The van der Waals surface area contributed by atoms with Gasteiger partial charge >= 0.3 is 0 Å². The van der Waals surface area contributed by atoms with Crippen LogP contribution in [0.3, 0.4) is 0 Å². The summed E-state index contributed by atoms with van der Waals surface area (Å²) in [6.07, 6.45) is 29.4. The van der Waals surface area contributed by atoms with Crippen LogP contribution in [0.25, 0.3) is 66.1 Å². The number of hydrogen-bond acceptors (Lipinski definition) is 9. The molecular formula is C61H61N11O. The van der Waals surface area contributed by atoms with E-state index in [4.69, 9.17) is 9.97 Å². The van der Waals surface area contributed by atoms with Crippen LogP contribution in [0.2, 0.25) is 0 Å². The van der Waals surface area contributed by atoms with Gasteiger partial charge in [-0.15, -0.1) is 0 Å². The molecule has 2 saturated carbocycles. The van der Waals surface area contributed by atoms with Gasteiger partial charge in [-0.25, -0.2) is 0 Å². The van der Waals surface area contributed by atoms with Crippen molar-refractivity contribution in [3.05, 3.63) is 170 Å². The number of carbonyl (C=O) groups excluding carboxylic acids is 1. The number of likely N-dealkylation sites (tertiary alicyclic amines) is 1. The molecule has 3 aliphatic rings. The molecule has 0 radical (unpaired) electrons. The Bertz CT molecular complexity index is 3550. The van der Waals surface area contributed by atoms with Crippen LogP contribution in [-0.2, 0) is 18.9 Å². The summed E-state index contributed by atoms with van der Waals surface area (Å²) in [4.78, 5) is 42.4. The predicted molar refractivity (Wildman–Crippen MR) is 293 cm³/mol. The summed E-state index contributed by atoms with van der Waals surface area (Å²) in [5, 5.41) is 10.2. The van der Waals surface area contributed by atoms with Crippen LogP contribution in [0.1, 0.15) is 81.0 Å². The van der Waals surface area contributed by atoms with Crippen molar-refractivity contribution in [1.29, 1.82) is 0 Å². The van der Waals surface area contributed by atoms with E-state index in [9.17, 15) is 4.79 Å². The number of fused-ring (bicyclic) bond motifs is 4. The maximum Gasteiger partial charge on any atom is 0.225 e. The van der Waals surface area contributed by atoms with Gasteiger partial charge in [-0.3, -0.25) is 34.7 Å². The minimum absolute atomic E-state index is 0.0780. The van der Waals surface area contributed by atoms with Crippen LogP contribution in [0.5, 0.6) is 0 Å². The molecule has 6 aromatic heterocycles. The van der Waals surface area contributed by atoms with Crippen molar-refractivity contribution in [2.24, 2.45) is 31.8 Å². The summed E-state index contributed by atoms with van der Waals surface area (Å²) < 4.78 is 4.31. The van der Waals surface area contributed by atoms with Gasteiger partial charge < -0.3 is 24.7 Å². The molecule has 10 aromatic rings. The van der Waals surface area contributed by atoms with E-state index in [1.807, 2.05) is 36.9 Å². The van der Waals surface area contributed by atoms with Gasteiger partial charge in [-0.05, 0) is 144 Å². The number of rotatable bonds is 11. The molecular weight excluding hydrogens is 903 g/mol. The number of carbonyl (C=O) groups is 1. The van der Waals surface area contributed by atoms with Gasteiger partial charge in [-0.1, -0.05) is 55.7 Å². The van der Waals surface area contributed by atoms with Crippen LogP contribution in [0, 0.1) is 17.8 Å². The average molecular weight is 964 g/mol. The second-order valence-electron chi connectivity index (χ2n) is 20.4. The van der Waals surface area contributed by atoms with Crippen molar-refractivity contribution in [1.82, 2.24) is 43.9 Å². The zero-order valence-corrected chi connectivity index (χ0v) is 41.6. The normalized spacial score (nSPS) is 16.3. The smallest absolute Gasteiger partial charge is 0.225 e. The molecule has 4 aromatic carbocycles. The molecule has 12 nitrogen and oxygen atoms in total. The van der Waals surface area contributed by atoms with Crippen molar-refractivity contribution >= 4 is 61.2 Å². The van der Waals surface area contributed by atoms with Gasteiger partial charge in [0.15, 0.2) is 0 Å². The Morgan fingerprint density at radius 2 is 1.03 bits per heavy atom. The van der Waals surface area contributed by atoms with E-state index in [1.54, 1.807) is 24.8 Å². The molecule has 3 fully saturated rings. The standard InChI is InChI=1S/C32H32N6O.C29H29N5/c1-37-14-8-21-4-7-24(17-29(21)37)27-18-26(19-28-31(27)35-13-12-34-28)36-30(25-3-2-11-33-20-25)22-9-15-38(16-10-22)32(39)23-5-6-23;1-34-15-11-20-9-10-22(16-27(20)34)25-17-24(18-26-29(25)32-14-13-31-26)33-28(21-6-3-2-4-7-21)23-8-5-12-30-19-23/h2-4,7-8,11-14,17-20,22-23,30,36H,5-6,9-10,15-16H2,1H3;5,8-19,21,28,33H,2-4,6-7H2,1H3. The largest absolute Gasteiger partial charge is 0.378 e. The minimum Gasteiger partial charge on any atom is -0.378 e. The van der Waals surface area contributed by atoms with E-state index < -0.39 is 0 Å². The van der Waals surface area contributed by atoms with Crippen LogP contribution < -0.4 is 10.6 Å². The lowest BCUT2D eigenvalue weighted by Crippen LogP contribution is -2.41. The van der Waals surface area contributed by atoms with Crippen molar-refractivity contribution < 1.29 is 4.79 Å². The Hall–Kier alpha value is -7.99. The second kappa shape index (κ2) is 20.3. The topological polar surface area (TPSA) is 132 Å². The number of piperidine rings is 1. The summed E-state index contributed by atoms with van der Waals surface area (Å²) >= 11 is 0. The highest BCUT2D eigenvalue weighted by Gasteiger charge is 2.37. The van der Waals surface area contributed by atoms with Crippen LogP contribution in [0.4, 0.5) is 11.4 Å². The maximum absolute atomic E-state index is 12.7. The molecule has 2 N–H and O–H groups in total. The maximum atomic E-state index is 12.7. The molecule has 13 rings (SSSR count). The quantitative estimate of drug-likeness (QED) is 0.130. The first-order valence-electron chi connectivity index (χ1n) is 26.1. The van der Waals surface area contributed by atoms with E-state index in [0.29, 0.717) is 17.7 Å². The molecule has 2 unspecified atom stereocenters. The fourth-order valence-corrected chi connectivity index (χ4v) is 11.6. The van der Waals surface area contributed by atoms with E-state index >= 15 is 0 Å². The number of aryl methyl sites for hydroxylation is 2. The van der Waals surface area contributed by atoms with E-state index in [2.05, 4.69) is 156 Å². The SMILES string of the molecule is Cn1ccc2ccc(-c3cc(NC(c4cccnc4)C4CCCCC4)cc4nccnc34)cc21.Cn1ccc2ccc(-c3cc(NC(c4cccnc4)C4CCN(C(=O)C5CC5)CC4)cc4nccnc34)cc21. The van der Waals surface area contributed by atoms with Crippen molar-refractivity contribution in [2.45, 2.75) is 69.9 Å². The Morgan fingerprint density at radius 3 is 1.51 bits per heavy atom. The molecule has 1 aliphatic heterocycles. The molecule has 12 heteroatoms. The number of amides is 1. The fourth-order valence-electron chi connectivity index (χ4n) is 11.6. The lowest BCUT2D eigenvalue weighted by atomic mass is 9.81. The first-order valence-corrected chi connectivity index (χ1v) is 26.1. The van der Waals surface area contributed by atoms with Gasteiger partial charge in [0.1, 0.15) is 0 Å². The summed E-state index contributed by atoms with van der Waals surface area (Å²) in [6.45, 7) is 1.65. The van der Waals surface area contributed by atoms with E-state index in [1.165, 1.54) is 59.5 Å². The Morgan fingerprint density at radius 1 is 0.534 bits per heavy atom. The van der Waals surface area contributed by atoms with Crippen LogP contribution in [-0.4, -0.2) is 62.9 Å². The predicted octanol–water partition coefficient (Wildman–Crippen LogP) is 12.9. The molecule has 73 heavy (non-hydrogen) atoms. The first-order chi connectivity index (χ1) is 35.9.